The maximum Gasteiger partial charge on any atom is 0.220 e. The summed E-state index contributed by atoms with van der Waals surface area (Å²) in [7, 11) is 0. The highest BCUT2D eigenvalue weighted by molar-refractivity contribution is 5.75. The maximum absolute atomic E-state index is 11.6. The number of amides is 1. The molecule has 0 atom stereocenters. The van der Waals surface area contributed by atoms with Gasteiger partial charge >= 0.3 is 0 Å². The molecule has 0 unspecified atom stereocenters. The van der Waals surface area contributed by atoms with E-state index in [1.165, 1.54) is 11.1 Å². The average molecular weight is 248 g/mol. The third kappa shape index (κ3) is 6.40. The molecule has 3 heteroatoms. The van der Waals surface area contributed by atoms with Crippen molar-refractivity contribution < 1.29 is 4.79 Å². The molecule has 0 aliphatic heterocycles. The van der Waals surface area contributed by atoms with Crippen LogP contribution in [-0.2, 0) is 11.2 Å². The molecule has 1 amide bonds. The largest absolute Gasteiger partial charge is 0.354 e. The molecule has 18 heavy (non-hydrogen) atoms. The lowest BCUT2D eigenvalue weighted by Gasteiger charge is -2.18. The molecule has 1 rings (SSSR count). The molecule has 0 fully saturated rings. The number of benzene rings is 1. The molecule has 3 N–H and O–H groups in total. The Morgan fingerprint density at radius 2 is 1.89 bits per heavy atom. The van der Waals surface area contributed by atoms with Gasteiger partial charge in [0, 0.05) is 18.5 Å². The summed E-state index contributed by atoms with van der Waals surface area (Å²) < 4.78 is 0. The van der Waals surface area contributed by atoms with Gasteiger partial charge in [0.25, 0.3) is 0 Å². The minimum atomic E-state index is -0.341. The second-order valence-electron chi connectivity index (χ2n) is 5.60. The van der Waals surface area contributed by atoms with Crippen LogP contribution in [0.3, 0.4) is 0 Å². The van der Waals surface area contributed by atoms with Crippen LogP contribution in [0.1, 0.15) is 37.8 Å². The fraction of sp³-hybridized carbons (Fsp3) is 0.533. The molecule has 0 saturated carbocycles. The van der Waals surface area contributed by atoms with Gasteiger partial charge in [0.2, 0.25) is 5.91 Å². The molecule has 0 aromatic heterocycles. The highest BCUT2D eigenvalue weighted by atomic mass is 16.1. The maximum atomic E-state index is 11.6. The molecular formula is C15H24N2O. The quantitative estimate of drug-likeness (QED) is 0.810. The summed E-state index contributed by atoms with van der Waals surface area (Å²) in [5, 5.41) is 2.85. The zero-order valence-corrected chi connectivity index (χ0v) is 11.6. The van der Waals surface area contributed by atoms with Gasteiger partial charge < -0.3 is 11.1 Å². The fourth-order valence-electron chi connectivity index (χ4n) is 1.62. The number of carbonyl (C=O) groups excluding carboxylic acids is 1. The van der Waals surface area contributed by atoms with E-state index in [4.69, 9.17) is 5.73 Å². The summed E-state index contributed by atoms with van der Waals surface area (Å²) in [6.45, 7) is 6.40. The number of nitrogens with two attached hydrogens (primary N) is 1. The van der Waals surface area contributed by atoms with Crippen molar-refractivity contribution in [2.24, 2.45) is 5.73 Å². The van der Waals surface area contributed by atoms with E-state index in [0.29, 0.717) is 13.0 Å². The molecule has 0 heterocycles. The molecule has 100 valence electrons. The molecule has 0 aliphatic carbocycles. The van der Waals surface area contributed by atoms with Crippen LogP contribution < -0.4 is 11.1 Å². The minimum absolute atomic E-state index is 0.0839. The average Bonchev–Trinajstić information content (AvgIpc) is 2.28. The third-order valence-corrected chi connectivity index (χ3v) is 2.73. The Kier molecular flexibility index (Phi) is 5.35. The van der Waals surface area contributed by atoms with E-state index >= 15 is 0 Å². The summed E-state index contributed by atoms with van der Waals surface area (Å²) in [4.78, 5) is 11.6. The zero-order chi connectivity index (χ0) is 13.6. The number of hydrogen-bond acceptors (Lipinski definition) is 2. The fourth-order valence-corrected chi connectivity index (χ4v) is 1.62. The lowest BCUT2D eigenvalue weighted by molar-refractivity contribution is -0.121. The topological polar surface area (TPSA) is 55.1 Å². The monoisotopic (exact) mass is 248 g/mol. The smallest absolute Gasteiger partial charge is 0.220 e. The van der Waals surface area contributed by atoms with E-state index in [9.17, 15) is 4.79 Å². The van der Waals surface area contributed by atoms with Crippen LogP contribution in [0.2, 0.25) is 0 Å². The Labute approximate surface area is 110 Å². The Balaban J connectivity index is 2.21. The zero-order valence-electron chi connectivity index (χ0n) is 11.6. The summed E-state index contributed by atoms with van der Waals surface area (Å²) in [6.07, 6.45) is 2.38. The SMILES string of the molecule is Cc1ccc(CCCC(=O)NCC(C)(C)N)cc1. The Morgan fingerprint density at radius 3 is 2.44 bits per heavy atom. The van der Waals surface area contributed by atoms with Crippen molar-refractivity contribution in [2.45, 2.75) is 45.6 Å². The van der Waals surface area contributed by atoms with E-state index < -0.39 is 0 Å². The van der Waals surface area contributed by atoms with E-state index in [2.05, 4.69) is 36.5 Å². The first kappa shape index (κ1) is 14.7. The second-order valence-corrected chi connectivity index (χ2v) is 5.60. The van der Waals surface area contributed by atoms with Crippen molar-refractivity contribution in [1.29, 1.82) is 0 Å². The van der Waals surface area contributed by atoms with Crippen molar-refractivity contribution in [3.8, 4) is 0 Å². The van der Waals surface area contributed by atoms with Gasteiger partial charge in [-0.2, -0.15) is 0 Å². The summed E-state index contributed by atoms with van der Waals surface area (Å²) in [5.41, 5.74) is 8.01. The Bertz CT molecular complexity index is 376. The Morgan fingerprint density at radius 1 is 1.28 bits per heavy atom. The summed E-state index contributed by atoms with van der Waals surface area (Å²) in [5.74, 6) is 0.0839. The third-order valence-electron chi connectivity index (χ3n) is 2.73. The molecule has 1 aromatic rings. The molecule has 0 saturated heterocycles. The van der Waals surface area contributed by atoms with Gasteiger partial charge in [-0.1, -0.05) is 29.8 Å². The van der Waals surface area contributed by atoms with Crippen LogP contribution in [-0.4, -0.2) is 18.0 Å². The number of nitrogens with one attached hydrogen (secondary N) is 1. The van der Waals surface area contributed by atoms with E-state index in [1.54, 1.807) is 0 Å². The van der Waals surface area contributed by atoms with Crippen LogP contribution in [0.5, 0.6) is 0 Å². The van der Waals surface area contributed by atoms with E-state index in [0.717, 1.165) is 12.8 Å². The number of carbonyl (C=O) groups is 1. The summed E-state index contributed by atoms with van der Waals surface area (Å²) >= 11 is 0. The molecule has 3 nitrogen and oxygen atoms in total. The van der Waals surface area contributed by atoms with Crippen molar-refractivity contribution in [3.63, 3.8) is 0 Å². The predicted molar refractivity (Wildman–Crippen MR) is 75.4 cm³/mol. The van der Waals surface area contributed by atoms with Crippen LogP contribution in [0, 0.1) is 6.92 Å². The standard InChI is InChI=1S/C15H24N2O/c1-12-7-9-13(10-8-12)5-4-6-14(18)17-11-15(2,3)16/h7-10H,4-6,11,16H2,1-3H3,(H,17,18). The van der Waals surface area contributed by atoms with Crippen LogP contribution in [0.4, 0.5) is 0 Å². The number of rotatable bonds is 6. The summed E-state index contributed by atoms with van der Waals surface area (Å²) in [6, 6.07) is 8.45. The highest BCUT2D eigenvalue weighted by Crippen LogP contribution is 2.07. The van der Waals surface area contributed by atoms with Crippen molar-refractivity contribution in [3.05, 3.63) is 35.4 Å². The molecule has 0 spiro atoms. The molecule has 0 aliphatic rings. The van der Waals surface area contributed by atoms with Crippen molar-refractivity contribution >= 4 is 5.91 Å². The second kappa shape index (κ2) is 6.55. The number of hydrogen-bond donors (Lipinski definition) is 2. The van der Waals surface area contributed by atoms with Gasteiger partial charge in [-0.05, 0) is 39.2 Å². The first-order valence-electron chi connectivity index (χ1n) is 6.48. The van der Waals surface area contributed by atoms with Crippen LogP contribution in [0.25, 0.3) is 0 Å². The number of aryl methyl sites for hydroxylation is 2. The van der Waals surface area contributed by atoms with Crippen LogP contribution in [0.15, 0.2) is 24.3 Å². The highest BCUT2D eigenvalue weighted by Gasteiger charge is 2.11. The van der Waals surface area contributed by atoms with E-state index in [-0.39, 0.29) is 11.4 Å². The molecule has 0 bridgehead atoms. The van der Waals surface area contributed by atoms with Gasteiger partial charge in [-0.15, -0.1) is 0 Å². The molecular weight excluding hydrogens is 224 g/mol. The van der Waals surface area contributed by atoms with Gasteiger partial charge in [0.15, 0.2) is 0 Å². The minimum Gasteiger partial charge on any atom is -0.354 e. The molecule has 1 aromatic carbocycles. The van der Waals surface area contributed by atoms with Crippen molar-refractivity contribution in [1.82, 2.24) is 5.32 Å². The van der Waals surface area contributed by atoms with Crippen LogP contribution >= 0.6 is 0 Å². The Hall–Kier alpha value is -1.35. The lowest BCUT2D eigenvalue weighted by atomic mass is 10.1. The van der Waals surface area contributed by atoms with Gasteiger partial charge in [0.1, 0.15) is 0 Å². The lowest BCUT2D eigenvalue weighted by Crippen LogP contribution is -2.45. The van der Waals surface area contributed by atoms with Gasteiger partial charge in [0.05, 0.1) is 0 Å². The first-order valence-corrected chi connectivity index (χ1v) is 6.48. The predicted octanol–water partition coefficient (Wildman–Crippen LogP) is 2.17. The van der Waals surface area contributed by atoms with Gasteiger partial charge in [-0.25, -0.2) is 0 Å². The first-order chi connectivity index (χ1) is 8.37. The van der Waals surface area contributed by atoms with Crippen molar-refractivity contribution in [2.75, 3.05) is 6.54 Å². The van der Waals surface area contributed by atoms with Gasteiger partial charge in [-0.3, -0.25) is 4.79 Å². The normalized spacial score (nSPS) is 11.3. The van der Waals surface area contributed by atoms with E-state index in [1.807, 2.05) is 13.8 Å². The molecule has 0 radical (unpaired) electrons.